The molecule has 0 radical (unpaired) electrons. The smallest absolute Gasteiger partial charge is 0.550 e. The zero-order valence-corrected chi connectivity index (χ0v) is 25.3. The first kappa shape index (κ1) is 48.4. The molecule has 0 fully saturated rings. The van der Waals surface area contributed by atoms with E-state index in [0.29, 0.717) is 17.1 Å². The molecule has 0 saturated carbocycles. The van der Waals surface area contributed by atoms with Crippen molar-refractivity contribution in [3.05, 3.63) is 72.9 Å². The molecule has 0 aliphatic heterocycles. The van der Waals surface area contributed by atoms with Crippen molar-refractivity contribution in [1.82, 2.24) is 29.9 Å². The van der Waals surface area contributed by atoms with Gasteiger partial charge in [0.05, 0.1) is 72.6 Å². The summed E-state index contributed by atoms with van der Waals surface area (Å²) < 4.78 is 0. The number of aromatic amines is 3. The number of H-pyrrole nitrogens is 3. The molecule has 3 rings (SSSR count). The number of carboxylic acids is 6. The Hall–Kier alpha value is -5.29. The summed E-state index contributed by atoms with van der Waals surface area (Å²) in [5.74, 6) is -6.89. The molecule has 3 aromatic rings. The Morgan fingerprint density at radius 2 is 0.682 bits per heavy atom. The summed E-state index contributed by atoms with van der Waals surface area (Å²) in [6.07, 6.45) is 15.9. The van der Waals surface area contributed by atoms with E-state index in [1.54, 1.807) is 0 Å². The Bertz CT molecular complexity index is 1110. The number of aromatic nitrogens is 6. The molecular weight excluding hydrogens is 674 g/mol. The standard InChI is InChI=1S/3C6H6N2O2.3C2H4O2.2Mn/c3*9-6(10)2-1-5-3-7-4-8-5;3*1-2(3)4;;/h3*1-4H,(H,7,8)(H,9,10);3*1H3,(H,3,4);;/q;;;;;;2*+3/p-6. The molecule has 0 aromatic carbocycles. The third-order valence-electron chi connectivity index (χ3n) is 2.76. The predicted molar refractivity (Wildman–Crippen MR) is 130 cm³/mol. The van der Waals surface area contributed by atoms with E-state index in [4.69, 9.17) is 29.7 Å². The van der Waals surface area contributed by atoms with E-state index < -0.39 is 35.8 Å². The van der Waals surface area contributed by atoms with Crippen molar-refractivity contribution in [2.75, 3.05) is 0 Å². The number of nitrogens with zero attached hydrogens (tertiary/aromatic N) is 3. The number of hydrogen-bond donors (Lipinski definition) is 3. The van der Waals surface area contributed by atoms with Gasteiger partial charge in [-0.3, -0.25) is 0 Å². The second kappa shape index (κ2) is 32.2. The fourth-order valence-electron chi connectivity index (χ4n) is 1.55. The summed E-state index contributed by atoms with van der Waals surface area (Å²) >= 11 is 0. The number of imidazole rings is 3. The van der Waals surface area contributed by atoms with Crippen molar-refractivity contribution >= 4 is 54.0 Å². The summed E-state index contributed by atoms with van der Waals surface area (Å²) in [6, 6.07) is 0. The molecule has 0 unspecified atom stereocenters. The van der Waals surface area contributed by atoms with Gasteiger partial charge in [0.2, 0.25) is 0 Å². The van der Waals surface area contributed by atoms with Gasteiger partial charge in [0.1, 0.15) is 0 Å². The SMILES string of the molecule is CC(=O)[O-].CC(=O)[O-].CC(=O)[O-].O=C([O-])C=Cc1cnc[nH]1.O=C([O-])C=Cc1cnc[nH]1.O=C([O-])C=Cc1cnc[nH]1.[Mn+3].[Mn+3]. The monoisotopic (exact) mass is 698 g/mol. The maximum atomic E-state index is 9.86. The first-order valence-corrected chi connectivity index (χ1v) is 10.7. The molecule has 0 amide bonds. The fourth-order valence-corrected chi connectivity index (χ4v) is 1.55. The molecule has 3 N–H and O–H groups in total. The molecule has 0 aliphatic rings. The van der Waals surface area contributed by atoms with Crippen LogP contribution in [0.15, 0.2) is 55.8 Å². The van der Waals surface area contributed by atoms with Crippen LogP contribution in [0.3, 0.4) is 0 Å². The van der Waals surface area contributed by atoms with Crippen LogP contribution in [0, 0.1) is 0 Å². The third kappa shape index (κ3) is 49.6. The Labute approximate surface area is 270 Å². The molecule has 236 valence electrons. The Balaban J connectivity index is -0.000000144. The van der Waals surface area contributed by atoms with Gasteiger partial charge in [-0.25, -0.2) is 15.0 Å². The topological polar surface area (TPSA) is 327 Å². The first-order valence-electron chi connectivity index (χ1n) is 10.7. The largest absolute Gasteiger partial charge is 3.00 e. The molecule has 18 nitrogen and oxygen atoms in total. The maximum Gasteiger partial charge on any atom is 3.00 e. The van der Waals surface area contributed by atoms with Gasteiger partial charge >= 0.3 is 34.1 Å². The number of rotatable bonds is 6. The first-order chi connectivity index (χ1) is 19.6. The van der Waals surface area contributed by atoms with E-state index in [0.717, 1.165) is 39.0 Å². The van der Waals surface area contributed by atoms with Crippen LogP contribution in [-0.2, 0) is 62.9 Å². The van der Waals surface area contributed by atoms with Gasteiger partial charge in [-0.1, -0.05) is 0 Å². The van der Waals surface area contributed by atoms with E-state index in [1.165, 1.54) is 55.8 Å². The molecule has 44 heavy (non-hydrogen) atoms. The van der Waals surface area contributed by atoms with Crippen LogP contribution in [-0.4, -0.2) is 65.7 Å². The minimum absolute atomic E-state index is 0. The molecule has 3 aromatic heterocycles. The van der Waals surface area contributed by atoms with Crippen LogP contribution in [0.2, 0.25) is 0 Å². The van der Waals surface area contributed by atoms with Crippen molar-refractivity contribution in [1.29, 1.82) is 0 Å². The number of hydrogen-bond acceptors (Lipinski definition) is 15. The predicted octanol–water partition coefficient (Wildman–Crippen LogP) is -6.22. The van der Waals surface area contributed by atoms with E-state index in [9.17, 15) is 29.7 Å². The summed E-state index contributed by atoms with van der Waals surface area (Å²) in [5, 5.41) is 56.3. The summed E-state index contributed by atoms with van der Waals surface area (Å²) in [5.41, 5.74) is 1.93. The van der Waals surface area contributed by atoms with Gasteiger partial charge in [0.25, 0.3) is 0 Å². The van der Waals surface area contributed by atoms with Gasteiger partial charge in [0, 0.05) is 17.9 Å². The Morgan fingerprint density at radius 3 is 0.795 bits per heavy atom. The fraction of sp³-hybridized carbons (Fsp3) is 0.125. The Kier molecular flexibility index (Phi) is 35.5. The summed E-state index contributed by atoms with van der Waals surface area (Å²) in [4.78, 5) is 75.4. The van der Waals surface area contributed by atoms with Crippen LogP contribution < -0.4 is 30.6 Å². The number of carbonyl (C=O) groups is 6. The van der Waals surface area contributed by atoms with Crippen molar-refractivity contribution in [3.8, 4) is 0 Å². The number of nitrogens with one attached hydrogen (secondary N) is 3. The van der Waals surface area contributed by atoms with Crippen molar-refractivity contribution in [2.24, 2.45) is 0 Å². The zero-order chi connectivity index (χ0) is 32.9. The van der Waals surface area contributed by atoms with Gasteiger partial charge in [-0.2, -0.15) is 0 Å². The molecule has 0 aliphatic carbocycles. The summed E-state index contributed by atoms with van der Waals surface area (Å²) in [7, 11) is 0. The van der Waals surface area contributed by atoms with Gasteiger partial charge in [-0.05, 0) is 57.2 Å². The molecule has 0 spiro atoms. The van der Waals surface area contributed by atoms with Crippen LogP contribution in [0.4, 0.5) is 0 Å². The normalized spacial score (nSPS) is 8.80. The van der Waals surface area contributed by atoms with E-state index >= 15 is 0 Å². The van der Waals surface area contributed by atoms with Crippen LogP contribution >= 0.6 is 0 Å². The molecule has 20 heteroatoms. The van der Waals surface area contributed by atoms with Crippen molar-refractivity contribution in [2.45, 2.75) is 20.8 Å². The molecule has 0 atom stereocenters. The van der Waals surface area contributed by atoms with Crippen molar-refractivity contribution < 1.29 is 93.5 Å². The summed E-state index contributed by atoms with van der Waals surface area (Å²) in [6.45, 7) is 2.92. The van der Waals surface area contributed by atoms with E-state index in [1.807, 2.05) is 0 Å². The number of aliphatic carboxylic acids is 6. The van der Waals surface area contributed by atoms with Gasteiger partial charge in [-0.15, -0.1) is 0 Å². The second-order valence-electron chi connectivity index (χ2n) is 6.45. The average molecular weight is 698 g/mol. The minimum atomic E-state index is -1.21. The molecule has 3 heterocycles. The third-order valence-corrected chi connectivity index (χ3v) is 2.76. The maximum absolute atomic E-state index is 9.86. The quantitative estimate of drug-likeness (QED) is 0.159. The number of carboxylic acid groups (broad SMARTS) is 6. The van der Waals surface area contributed by atoms with Crippen molar-refractivity contribution in [3.63, 3.8) is 0 Å². The minimum Gasteiger partial charge on any atom is -0.550 e. The molecular formula is C24H24Mn2N6O12. The van der Waals surface area contributed by atoms with Gasteiger partial charge in [0.15, 0.2) is 0 Å². The zero-order valence-electron chi connectivity index (χ0n) is 22.9. The van der Waals surface area contributed by atoms with Crippen LogP contribution in [0.25, 0.3) is 18.2 Å². The van der Waals surface area contributed by atoms with E-state index in [-0.39, 0.29) is 34.1 Å². The van der Waals surface area contributed by atoms with Gasteiger partial charge < -0.3 is 74.4 Å². The number of carbonyl (C=O) groups excluding carboxylic acids is 6. The Morgan fingerprint density at radius 1 is 0.500 bits per heavy atom. The second-order valence-corrected chi connectivity index (χ2v) is 6.45. The molecule has 0 saturated heterocycles. The van der Waals surface area contributed by atoms with Crippen LogP contribution in [0.5, 0.6) is 0 Å². The van der Waals surface area contributed by atoms with E-state index in [2.05, 4.69) is 29.9 Å². The average Bonchev–Trinajstić information content (AvgIpc) is 3.64. The molecule has 0 bridgehead atoms. The van der Waals surface area contributed by atoms with Crippen LogP contribution in [0.1, 0.15) is 37.9 Å².